The molecule has 0 spiro atoms. The van der Waals surface area contributed by atoms with Gasteiger partial charge in [0.25, 0.3) is 0 Å². The summed E-state index contributed by atoms with van der Waals surface area (Å²) >= 11 is 0. The normalized spacial score (nSPS) is 19.4. The van der Waals surface area contributed by atoms with Gasteiger partial charge in [-0.05, 0) is 55.1 Å². The zero-order valence-corrected chi connectivity index (χ0v) is 14.8. The van der Waals surface area contributed by atoms with E-state index >= 15 is 0 Å². The van der Waals surface area contributed by atoms with Crippen LogP contribution in [0.5, 0.6) is 5.75 Å². The number of ether oxygens (including phenoxy) is 1. The fraction of sp³-hybridized carbons (Fsp3) is 0.381. The van der Waals surface area contributed by atoms with Crippen LogP contribution in [0.2, 0.25) is 0 Å². The van der Waals surface area contributed by atoms with Gasteiger partial charge in [0.1, 0.15) is 5.75 Å². The predicted molar refractivity (Wildman–Crippen MR) is 97.9 cm³/mol. The Morgan fingerprint density at radius 3 is 2.76 bits per heavy atom. The van der Waals surface area contributed by atoms with Crippen LogP contribution in [-0.2, 0) is 4.79 Å². The molecule has 1 aliphatic rings. The van der Waals surface area contributed by atoms with Crippen molar-refractivity contribution >= 4 is 5.97 Å². The van der Waals surface area contributed by atoms with Crippen molar-refractivity contribution in [2.45, 2.75) is 25.8 Å². The van der Waals surface area contributed by atoms with Crippen molar-refractivity contribution < 1.29 is 14.6 Å². The summed E-state index contributed by atoms with van der Waals surface area (Å²) in [4.78, 5) is 13.8. The van der Waals surface area contributed by atoms with Crippen molar-refractivity contribution in [3.05, 3.63) is 65.2 Å². The molecule has 4 heteroatoms. The maximum absolute atomic E-state index is 11.5. The number of carbonyl (C=O) groups is 1. The van der Waals surface area contributed by atoms with E-state index < -0.39 is 5.97 Å². The van der Waals surface area contributed by atoms with Gasteiger partial charge in [0.05, 0.1) is 19.1 Å². The van der Waals surface area contributed by atoms with E-state index in [1.165, 1.54) is 11.1 Å². The summed E-state index contributed by atoms with van der Waals surface area (Å²) in [5, 5.41) is 9.47. The molecule has 132 valence electrons. The summed E-state index contributed by atoms with van der Waals surface area (Å²) in [6, 6.07) is 16.5. The molecule has 3 rings (SSSR count). The summed E-state index contributed by atoms with van der Waals surface area (Å²) in [6.45, 7) is 3.59. The van der Waals surface area contributed by atoms with Crippen LogP contribution in [0.15, 0.2) is 48.5 Å². The molecule has 25 heavy (non-hydrogen) atoms. The Labute approximate surface area is 149 Å². The first-order chi connectivity index (χ1) is 12.1. The molecule has 1 heterocycles. The number of piperidine rings is 1. The topological polar surface area (TPSA) is 49.8 Å². The first-order valence-corrected chi connectivity index (χ1v) is 8.76. The van der Waals surface area contributed by atoms with Crippen LogP contribution >= 0.6 is 0 Å². The lowest BCUT2D eigenvalue weighted by atomic mass is 9.89. The van der Waals surface area contributed by atoms with Gasteiger partial charge in [0.2, 0.25) is 0 Å². The highest BCUT2D eigenvalue weighted by Gasteiger charge is 2.31. The minimum absolute atomic E-state index is 0.0402. The lowest BCUT2D eigenvalue weighted by Gasteiger charge is -2.38. The number of nitrogens with zero attached hydrogens (tertiary/aromatic N) is 1. The molecule has 0 aromatic heterocycles. The van der Waals surface area contributed by atoms with E-state index in [1.54, 1.807) is 7.11 Å². The van der Waals surface area contributed by atoms with Crippen LogP contribution < -0.4 is 4.74 Å². The van der Waals surface area contributed by atoms with Crippen molar-refractivity contribution in [1.29, 1.82) is 0 Å². The second-order valence-electron chi connectivity index (χ2n) is 6.71. The molecular weight excluding hydrogens is 314 g/mol. The van der Waals surface area contributed by atoms with E-state index in [9.17, 15) is 9.90 Å². The molecule has 2 unspecified atom stereocenters. The Kier molecular flexibility index (Phi) is 5.39. The lowest BCUT2D eigenvalue weighted by molar-refractivity contribution is -0.143. The number of carboxylic acid groups (broad SMARTS) is 1. The molecule has 1 aliphatic heterocycles. The quantitative estimate of drug-likeness (QED) is 0.898. The molecule has 1 fully saturated rings. The Morgan fingerprint density at radius 2 is 2.04 bits per heavy atom. The number of hydrogen-bond donors (Lipinski definition) is 1. The highest BCUT2D eigenvalue weighted by molar-refractivity contribution is 5.70. The molecule has 0 saturated carbocycles. The Hall–Kier alpha value is -2.33. The highest BCUT2D eigenvalue weighted by atomic mass is 16.5. The van der Waals surface area contributed by atoms with E-state index in [0.29, 0.717) is 6.54 Å². The minimum Gasteiger partial charge on any atom is -0.497 e. The number of hydrogen-bond acceptors (Lipinski definition) is 3. The summed E-state index contributed by atoms with van der Waals surface area (Å²) < 4.78 is 5.41. The van der Waals surface area contributed by atoms with Gasteiger partial charge >= 0.3 is 5.97 Å². The molecule has 0 bridgehead atoms. The van der Waals surface area contributed by atoms with Crippen LogP contribution in [0, 0.1) is 12.8 Å². The first kappa shape index (κ1) is 17.5. The molecule has 4 nitrogen and oxygen atoms in total. The van der Waals surface area contributed by atoms with E-state index in [0.717, 1.165) is 30.7 Å². The second kappa shape index (κ2) is 7.70. The highest BCUT2D eigenvalue weighted by Crippen LogP contribution is 2.35. The predicted octanol–water partition coefficient (Wildman–Crippen LogP) is 3.89. The Balaban J connectivity index is 2.03. The minimum atomic E-state index is -0.695. The van der Waals surface area contributed by atoms with Crippen LogP contribution in [0.4, 0.5) is 0 Å². The Morgan fingerprint density at radius 1 is 1.24 bits per heavy atom. The number of benzene rings is 2. The van der Waals surface area contributed by atoms with Crippen LogP contribution in [-0.4, -0.2) is 36.2 Å². The van der Waals surface area contributed by atoms with Crippen molar-refractivity contribution in [1.82, 2.24) is 4.90 Å². The van der Waals surface area contributed by atoms with E-state index in [4.69, 9.17) is 4.74 Å². The largest absolute Gasteiger partial charge is 0.497 e. The van der Waals surface area contributed by atoms with Crippen molar-refractivity contribution in [2.75, 3.05) is 20.2 Å². The van der Waals surface area contributed by atoms with E-state index in [1.807, 2.05) is 24.3 Å². The number of carboxylic acids is 1. The number of likely N-dealkylation sites (tertiary alicyclic amines) is 1. The van der Waals surface area contributed by atoms with Gasteiger partial charge < -0.3 is 9.84 Å². The van der Waals surface area contributed by atoms with Crippen molar-refractivity contribution in [3.63, 3.8) is 0 Å². The molecular formula is C21H25NO3. The molecule has 0 amide bonds. The van der Waals surface area contributed by atoms with Gasteiger partial charge in [-0.3, -0.25) is 9.69 Å². The van der Waals surface area contributed by atoms with Gasteiger partial charge in [-0.25, -0.2) is 0 Å². The summed E-state index contributed by atoms with van der Waals surface area (Å²) in [6.07, 6.45) is 1.66. The number of methoxy groups -OCH3 is 1. The molecule has 1 N–H and O–H groups in total. The number of aryl methyl sites for hydroxylation is 1. The van der Waals surface area contributed by atoms with Gasteiger partial charge in [-0.2, -0.15) is 0 Å². The van der Waals surface area contributed by atoms with E-state index in [2.05, 4.69) is 36.1 Å². The molecule has 1 saturated heterocycles. The molecule has 0 radical (unpaired) electrons. The number of rotatable bonds is 5. The van der Waals surface area contributed by atoms with E-state index in [-0.39, 0.29) is 12.0 Å². The average molecular weight is 339 g/mol. The van der Waals surface area contributed by atoms with Crippen molar-refractivity contribution in [3.8, 4) is 5.75 Å². The average Bonchev–Trinajstić information content (AvgIpc) is 2.64. The van der Waals surface area contributed by atoms with Gasteiger partial charge in [0.15, 0.2) is 0 Å². The smallest absolute Gasteiger partial charge is 0.307 e. The summed E-state index contributed by atoms with van der Waals surface area (Å²) in [5.74, 6) is -0.173. The van der Waals surface area contributed by atoms with Crippen molar-refractivity contribution in [2.24, 2.45) is 5.92 Å². The Bertz CT molecular complexity index is 743. The third-order valence-corrected chi connectivity index (χ3v) is 5.06. The monoisotopic (exact) mass is 339 g/mol. The maximum atomic E-state index is 11.5. The molecule has 0 aliphatic carbocycles. The van der Waals surface area contributed by atoms with Crippen LogP contribution in [0.3, 0.4) is 0 Å². The second-order valence-corrected chi connectivity index (χ2v) is 6.71. The third-order valence-electron chi connectivity index (χ3n) is 5.06. The third kappa shape index (κ3) is 3.85. The summed E-state index contributed by atoms with van der Waals surface area (Å²) in [7, 11) is 1.67. The maximum Gasteiger partial charge on any atom is 0.307 e. The lowest BCUT2D eigenvalue weighted by Crippen LogP contribution is -2.41. The molecule has 2 atom stereocenters. The fourth-order valence-corrected chi connectivity index (χ4v) is 3.73. The van der Waals surface area contributed by atoms with Gasteiger partial charge in [-0.1, -0.05) is 36.4 Å². The van der Waals surface area contributed by atoms with Gasteiger partial charge in [-0.15, -0.1) is 0 Å². The molecule has 2 aromatic carbocycles. The fourth-order valence-electron chi connectivity index (χ4n) is 3.73. The van der Waals surface area contributed by atoms with Crippen LogP contribution in [0.25, 0.3) is 0 Å². The summed E-state index contributed by atoms with van der Waals surface area (Å²) in [5.41, 5.74) is 3.58. The van der Waals surface area contributed by atoms with Gasteiger partial charge in [0, 0.05) is 6.54 Å². The number of aliphatic carboxylic acids is 1. The van der Waals surface area contributed by atoms with Crippen LogP contribution in [0.1, 0.15) is 35.6 Å². The first-order valence-electron chi connectivity index (χ1n) is 8.76. The zero-order chi connectivity index (χ0) is 17.8. The zero-order valence-electron chi connectivity index (χ0n) is 14.8. The standard InChI is InChI=1S/C21H25NO3/c1-15-7-3-4-11-19(15)20(16-8-5-10-18(13-16)25-2)22-12-6-9-17(14-22)21(23)24/h3-5,7-8,10-11,13,17,20H,6,9,12,14H2,1-2H3,(H,23,24). The molecule has 2 aromatic rings. The SMILES string of the molecule is COc1cccc(C(c2ccccc2C)N2CCCC(C(=O)O)C2)c1.